The second-order valence-electron chi connectivity index (χ2n) is 4.73. The SMILES string of the molecule is Cc1nccn1C(=O)CCc1ccc2ccccc2n1. The molecule has 0 aliphatic carbocycles. The fourth-order valence-electron chi connectivity index (χ4n) is 2.24. The van der Waals surface area contributed by atoms with Crippen molar-refractivity contribution in [3.05, 3.63) is 60.3 Å². The lowest BCUT2D eigenvalue weighted by molar-refractivity contribution is 0.0900. The van der Waals surface area contributed by atoms with Gasteiger partial charge in [0, 0.05) is 29.9 Å². The summed E-state index contributed by atoms with van der Waals surface area (Å²) in [6.07, 6.45) is 4.41. The minimum atomic E-state index is 0.0509. The largest absolute Gasteiger partial charge is 0.274 e. The maximum Gasteiger partial charge on any atom is 0.232 e. The van der Waals surface area contributed by atoms with Gasteiger partial charge in [-0.25, -0.2) is 4.98 Å². The van der Waals surface area contributed by atoms with Crippen molar-refractivity contribution < 1.29 is 4.79 Å². The highest BCUT2D eigenvalue weighted by Gasteiger charge is 2.08. The number of benzene rings is 1. The number of hydrogen-bond acceptors (Lipinski definition) is 3. The van der Waals surface area contributed by atoms with Gasteiger partial charge in [-0.15, -0.1) is 0 Å². The number of aromatic nitrogens is 3. The van der Waals surface area contributed by atoms with Gasteiger partial charge in [-0.1, -0.05) is 24.3 Å². The fourth-order valence-corrected chi connectivity index (χ4v) is 2.24. The first kappa shape index (κ1) is 12.5. The Bertz CT molecular complexity index is 761. The highest BCUT2D eigenvalue weighted by Crippen LogP contribution is 2.13. The molecule has 0 aliphatic rings. The minimum absolute atomic E-state index is 0.0509. The van der Waals surface area contributed by atoms with Gasteiger partial charge in [0.05, 0.1) is 5.52 Å². The van der Waals surface area contributed by atoms with Crippen molar-refractivity contribution in [1.29, 1.82) is 0 Å². The Morgan fingerprint density at radius 3 is 2.85 bits per heavy atom. The van der Waals surface area contributed by atoms with Crippen LogP contribution in [0.5, 0.6) is 0 Å². The Labute approximate surface area is 117 Å². The first-order valence-corrected chi connectivity index (χ1v) is 6.62. The summed E-state index contributed by atoms with van der Waals surface area (Å²) >= 11 is 0. The summed E-state index contributed by atoms with van der Waals surface area (Å²) in [6, 6.07) is 12.0. The molecule has 0 spiro atoms. The highest BCUT2D eigenvalue weighted by atomic mass is 16.2. The molecular weight excluding hydrogens is 250 g/mol. The third-order valence-electron chi connectivity index (χ3n) is 3.35. The normalized spacial score (nSPS) is 10.8. The van der Waals surface area contributed by atoms with E-state index < -0.39 is 0 Å². The van der Waals surface area contributed by atoms with Crippen molar-refractivity contribution in [2.24, 2.45) is 0 Å². The molecule has 0 atom stereocenters. The van der Waals surface area contributed by atoms with Crippen LogP contribution in [0.4, 0.5) is 0 Å². The van der Waals surface area contributed by atoms with E-state index in [2.05, 4.69) is 9.97 Å². The maximum absolute atomic E-state index is 12.1. The van der Waals surface area contributed by atoms with Crippen LogP contribution in [0.1, 0.15) is 22.7 Å². The van der Waals surface area contributed by atoms with Gasteiger partial charge in [-0.3, -0.25) is 14.3 Å². The molecule has 0 unspecified atom stereocenters. The summed E-state index contributed by atoms with van der Waals surface area (Å²) < 4.78 is 1.58. The summed E-state index contributed by atoms with van der Waals surface area (Å²) in [5.74, 6) is 0.774. The molecule has 100 valence electrons. The second-order valence-corrected chi connectivity index (χ2v) is 4.73. The lowest BCUT2D eigenvalue weighted by atomic mass is 10.1. The topological polar surface area (TPSA) is 47.8 Å². The van der Waals surface area contributed by atoms with Gasteiger partial charge >= 0.3 is 0 Å². The van der Waals surface area contributed by atoms with Crippen molar-refractivity contribution >= 4 is 16.8 Å². The smallest absolute Gasteiger partial charge is 0.232 e. The zero-order valence-corrected chi connectivity index (χ0v) is 11.3. The monoisotopic (exact) mass is 265 g/mol. The number of imidazole rings is 1. The van der Waals surface area contributed by atoms with Crippen LogP contribution >= 0.6 is 0 Å². The average Bonchev–Trinajstić information content (AvgIpc) is 2.91. The molecule has 3 rings (SSSR count). The summed E-state index contributed by atoms with van der Waals surface area (Å²) in [4.78, 5) is 20.7. The number of rotatable bonds is 3. The molecule has 4 nitrogen and oxygen atoms in total. The van der Waals surface area contributed by atoms with E-state index in [-0.39, 0.29) is 5.91 Å². The van der Waals surface area contributed by atoms with Crippen LogP contribution < -0.4 is 0 Å². The van der Waals surface area contributed by atoms with E-state index in [9.17, 15) is 4.79 Å². The quantitative estimate of drug-likeness (QED) is 0.731. The Hall–Kier alpha value is -2.49. The Morgan fingerprint density at radius 1 is 1.20 bits per heavy atom. The minimum Gasteiger partial charge on any atom is -0.274 e. The molecule has 0 bridgehead atoms. The van der Waals surface area contributed by atoms with Crippen molar-refractivity contribution in [3.8, 4) is 0 Å². The molecule has 2 aromatic heterocycles. The van der Waals surface area contributed by atoms with Gasteiger partial charge < -0.3 is 0 Å². The first-order valence-electron chi connectivity index (χ1n) is 6.62. The van der Waals surface area contributed by atoms with Gasteiger partial charge in [-0.2, -0.15) is 0 Å². The first-order chi connectivity index (χ1) is 9.74. The number of fused-ring (bicyclic) bond motifs is 1. The summed E-state index contributed by atoms with van der Waals surface area (Å²) in [7, 11) is 0. The molecular formula is C16H15N3O. The van der Waals surface area contributed by atoms with Crippen LogP contribution in [-0.4, -0.2) is 20.4 Å². The Balaban J connectivity index is 1.74. The van der Waals surface area contributed by atoms with Crippen molar-refractivity contribution in [1.82, 2.24) is 14.5 Å². The summed E-state index contributed by atoms with van der Waals surface area (Å²) in [5.41, 5.74) is 1.91. The van der Waals surface area contributed by atoms with Gasteiger partial charge in [-0.05, 0) is 25.5 Å². The molecule has 0 fully saturated rings. The van der Waals surface area contributed by atoms with Crippen molar-refractivity contribution in [3.63, 3.8) is 0 Å². The summed E-state index contributed by atoms with van der Waals surface area (Å²) in [6.45, 7) is 1.83. The maximum atomic E-state index is 12.1. The van der Waals surface area contributed by atoms with Gasteiger partial charge in [0.2, 0.25) is 5.91 Å². The molecule has 4 heteroatoms. The van der Waals surface area contributed by atoms with Crippen LogP contribution in [-0.2, 0) is 6.42 Å². The van der Waals surface area contributed by atoms with Crippen LogP contribution in [0.15, 0.2) is 48.8 Å². The number of para-hydroxylation sites is 1. The lowest BCUT2D eigenvalue weighted by Gasteiger charge is -2.04. The molecule has 0 aliphatic heterocycles. The fraction of sp³-hybridized carbons (Fsp3) is 0.188. The molecule has 20 heavy (non-hydrogen) atoms. The standard InChI is InChI=1S/C16H15N3O/c1-12-17-10-11-19(12)16(20)9-8-14-7-6-13-4-2-3-5-15(13)18-14/h2-7,10-11H,8-9H2,1H3. The van der Waals surface area contributed by atoms with Crippen LogP contribution in [0, 0.1) is 6.92 Å². The van der Waals surface area contributed by atoms with Gasteiger partial charge in [0.1, 0.15) is 5.82 Å². The summed E-state index contributed by atoms with van der Waals surface area (Å²) in [5, 5.41) is 1.12. The van der Waals surface area contributed by atoms with Crippen LogP contribution in [0.25, 0.3) is 10.9 Å². The lowest BCUT2D eigenvalue weighted by Crippen LogP contribution is -2.12. The predicted molar refractivity (Wildman–Crippen MR) is 77.7 cm³/mol. The molecule has 0 radical (unpaired) electrons. The van der Waals surface area contributed by atoms with E-state index >= 15 is 0 Å². The highest BCUT2D eigenvalue weighted by molar-refractivity contribution is 5.80. The molecule has 0 saturated heterocycles. The van der Waals surface area contributed by atoms with E-state index in [4.69, 9.17) is 0 Å². The third kappa shape index (κ3) is 2.45. The van der Waals surface area contributed by atoms with Crippen LogP contribution in [0.2, 0.25) is 0 Å². The molecule has 0 saturated carbocycles. The Kier molecular flexibility index (Phi) is 3.29. The van der Waals surface area contributed by atoms with Gasteiger partial charge in [0.25, 0.3) is 0 Å². The van der Waals surface area contributed by atoms with E-state index in [0.29, 0.717) is 12.8 Å². The zero-order chi connectivity index (χ0) is 13.9. The molecule has 2 heterocycles. The van der Waals surface area contributed by atoms with E-state index in [1.165, 1.54) is 0 Å². The molecule has 0 N–H and O–H groups in total. The van der Waals surface area contributed by atoms with E-state index in [1.54, 1.807) is 17.0 Å². The molecule has 3 aromatic rings. The van der Waals surface area contributed by atoms with Crippen LogP contribution in [0.3, 0.4) is 0 Å². The zero-order valence-electron chi connectivity index (χ0n) is 11.3. The number of hydrogen-bond donors (Lipinski definition) is 0. The molecule has 1 aromatic carbocycles. The van der Waals surface area contributed by atoms with E-state index in [1.807, 2.05) is 43.3 Å². The predicted octanol–water partition coefficient (Wildman–Crippen LogP) is 3.01. The van der Waals surface area contributed by atoms with Crippen molar-refractivity contribution in [2.75, 3.05) is 0 Å². The average molecular weight is 265 g/mol. The second kappa shape index (κ2) is 5.25. The Morgan fingerprint density at radius 2 is 2.05 bits per heavy atom. The number of nitrogens with zero attached hydrogens (tertiary/aromatic N) is 3. The van der Waals surface area contributed by atoms with Gasteiger partial charge in [0.15, 0.2) is 0 Å². The number of carbonyl (C=O) groups is 1. The number of pyridine rings is 1. The molecule has 0 amide bonds. The van der Waals surface area contributed by atoms with E-state index in [0.717, 1.165) is 22.4 Å². The van der Waals surface area contributed by atoms with Crippen molar-refractivity contribution in [2.45, 2.75) is 19.8 Å². The third-order valence-corrected chi connectivity index (χ3v) is 3.35. The number of carbonyl (C=O) groups excluding carboxylic acids is 1. The number of aryl methyl sites for hydroxylation is 2.